The Balaban J connectivity index is 2.04. The van der Waals surface area contributed by atoms with E-state index in [0.29, 0.717) is 24.0 Å². The number of imidazole rings is 1. The normalized spacial score (nSPS) is 29.5. The van der Waals surface area contributed by atoms with Crippen LogP contribution in [0.15, 0.2) is 18.7 Å². The number of hydrogen-bond donors (Lipinski definition) is 1. The molecule has 21 heavy (non-hydrogen) atoms. The predicted octanol–water partition coefficient (Wildman–Crippen LogP) is 2.62. The Morgan fingerprint density at radius 3 is 2.62 bits per heavy atom. The Labute approximate surface area is 129 Å². The second-order valence-electron chi connectivity index (χ2n) is 7.95. The monoisotopic (exact) mass is 292 g/mol. The van der Waals surface area contributed by atoms with Gasteiger partial charge in [0.05, 0.1) is 6.33 Å². The molecule has 1 fully saturated rings. The molecule has 1 saturated heterocycles. The van der Waals surface area contributed by atoms with Gasteiger partial charge in [-0.05, 0) is 31.7 Å². The molecule has 120 valence electrons. The highest BCUT2D eigenvalue weighted by Crippen LogP contribution is 2.26. The fourth-order valence-electron chi connectivity index (χ4n) is 3.21. The topological polar surface area (TPSA) is 33.1 Å². The molecule has 0 radical (unpaired) electrons. The number of piperidine rings is 1. The van der Waals surface area contributed by atoms with Gasteiger partial charge in [0.1, 0.15) is 0 Å². The van der Waals surface area contributed by atoms with Crippen LogP contribution in [0.3, 0.4) is 0 Å². The molecule has 0 bridgehead atoms. The molecule has 0 spiro atoms. The summed E-state index contributed by atoms with van der Waals surface area (Å²) in [5.41, 5.74) is 0.233. The molecule has 4 nitrogen and oxygen atoms in total. The second-order valence-corrected chi connectivity index (χ2v) is 7.95. The molecule has 0 aliphatic carbocycles. The Morgan fingerprint density at radius 1 is 1.33 bits per heavy atom. The van der Waals surface area contributed by atoms with E-state index in [1.807, 2.05) is 12.5 Å². The van der Waals surface area contributed by atoms with Crippen molar-refractivity contribution in [2.45, 2.75) is 65.7 Å². The summed E-state index contributed by atoms with van der Waals surface area (Å²) in [5, 5.41) is 3.96. The maximum Gasteiger partial charge on any atom is 0.0946 e. The number of nitrogens with one attached hydrogen (secondary N) is 1. The first kappa shape index (κ1) is 16.5. The average Bonchev–Trinajstić information content (AvgIpc) is 2.86. The van der Waals surface area contributed by atoms with E-state index in [0.717, 1.165) is 6.54 Å². The van der Waals surface area contributed by atoms with Crippen LogP contribution in [0.5, 0.6) is 0 Å². The summed E-state index contributed by atoms with van der Waals surface area (Å²) in [6, 6.07) is 1.71. The maximum atomic E-state index is 4.17. The minimum Gasteiger partial charge on any atom is -0.336 e. The zero-order valence-electron chi connectivity index (χ0n) is 14.5. The van der Waals surface area contributed by atoms with Crippen LogP contribution >= 0.6 is 0 Å². The molecule has 1 aliphatic rings. The van der Waals surface area contributed by atoms with Crippen molar-refractivity contribution in [1.29, 1.82) is 0 Å². The molecule has 4 heteroatoms. The summed E-state index contributed by atoms with van der Waals surface area (Å²) < 4.78 is 2.19. The van der Waals surface area contributed by atoms with E-state index in [4.69, 9.17) is 0 Å². The third-order valence-electron chi connectivity index (χ3n) is 5.02. The summed E-state index contributed by atoms with van der Waals surface area (Å²) in [7, 11) is 2.24. The molecule has 1 aromatic rings. The molecule has 4 unspecified atom stereocenters. The fraction of sp³-hybridized carbons (Fsp3) is 0.824. The molecular weight excluding hydrogens is 260 g/mol. The van der Waals surface area contributed by atoms with Crippen molar-refractivity contribution in [2.24, 2.45) is 11.3 Å². The van der Waals surface area contributed by atoms with Crippen LogP contribution in [0.1, 0.15) is 41.0 Å². The van der Waals surface area contributed by atoms with Gasteiger partial charge in [0.15, 0.2) is 0 Å². The van der Waals surface area contributed by atoms with Gasteiger partial charge in [-0.15, -0.1) is 0 Å². The number of likely N-dealkylation sites (tertiary alicyclic amines) is 1. The fourth-order valence-corrected chi connectivity index (χ4v) is 3.21. The number of rotatable bonds is 4. The Bertz CT molecular complexity index is 420. The van der Waals surface area contributed by atoms with Crippen molar-refractivity contribution in [1.82, 2.24) is 19.8 Å². The van der Waals surface area contributed by atoms with Gasteiger partial charge < -0.3 is 14.8 Å². The quantitative estimate of drug-likeness (QED) is 0.926. The van der Waals surface area contributed by atoms with Crippen LogP contribution in [0.4, 0.5) is 0 Å². The molecule has 2 rings (SSSR count). The zero-order valence-corrected chi connectivity index (χ0v) is 14.5. The first-order chi connectivity index (χ1) is 9.77. The largest absolute Gasteiger partial charge is 0.336 e. The van der Waals surface area contributed by atoms with Crippen molar-refractivity contribution < 1.29 is 0 Å². The first-order valence-corrected chi connectivity index (χ1v) is 8.19. The smallest absolute Gasteiger partial charge is 0.0946 e. The van der Waals surface area contributed by atoms with Gasteiger partial charge >= 0.3 is 0 Å². The van der Waals surface area contributed by atoms with Gasteiger partial charge in [-0.3, -0.25) is 0 Å². The van der Waals surface area contributed by atoms with E-state index in [2.05, 4.69) is 67.6 Å². The van der Waals surface area contributed by atoms with Crippen LogP contribution in [0.2, 0.25) is 0 Å². The highest BCUT2D eigenvalue weighted by molar-refractivity contribution is 4.92. The van der Waals surface area contributed by atoms with Gasteiger partial charge in [0.2, 0.25) is 0 Å². The molecule has 0 saturated carbocycles. The lowest BCUT2D eigenvalue weighted by atomic mass is 9.83. The summed E-state index contributed by atoms with van der Waals surface area (Å²) in [6.07, 6.45) is 7.07. The lowest BCUT2D eigenvalue weighted by Crippen LogP contribution is -2.56. The number of aromatic nitrogens is 2. The lowest BCUT2D eigenvalue weighted by molar-refractivity contribution is 0.0975. The van der Waals surface area contributed by atoms with Crippen LogP contribution in [0.25, 0.3) is 0 Å². The minimum absolute atomic E-state index is 0.233. The molecule has 1 aliphatic heterocycles. The van der Waals surface area contributed by atoms with Gasteiger partial charge in [-0.2, -0.15) is 0 Å². The molecular formula is C17H32N4. The predicted molar refractivity (Wildman–Crippen MR) is 88.3 cm³/mol. The Hall–Kier alpha value is -0.870. The van der Waals surface area contributed by atoms with Crippen molar-refractivity contribution in [3.05, 3.63) is 18.7 Å². The van der Waals surface area contributed by atoms with Crippen LogP contribution in [0, 0.1) is 11.3 Å². The molecule has 2 heterocycles. The first-order valence-electron chi connectivity index (χ1n) is 8.19. The highest BCUT2D eigenvalue weighted by atomic mass is 15.2. The van der Waals surface area contributed by atoms with Gasteiger partial charge in [0, 0.05) is 43.6 Å². The van der Waals surface area contributed by atoms with E-state index in [9.17, 15) is 0 Å². The van der Waals surface area contributed by atoms with Crippen molar-refractivity contribution in [3.8, 4) is 0 Å². The summed E-state index contributed by atoms with van der Waals surface area (Å²) in [4.78, 5) is 6.65. The lowest BCUT2D eigenvalue weighted by Gasteiger charge is -2.44. The minimum atomic E-state index is 0.233. The van der Waals surface area contributed by atoms with Crippen molar-refractivity contribution in [3.63, 3.8) is 0 Å². The molecule has 4 atom stereocenters. The third-order valence-corrected chi connectivity index (χ3v) is 5.02. The van der Waals surface area contributed by atoms with Crippen molar-refractivity contribution >= 4 is 0 Å². The Morgan fingerprint density at radius 2 is 2.05 bits per heavy atom. The van der Waals surface area contributed by atoms with Crippen LogP contribution in [-0.2, 0) is 6.54 Å². The summed E-state index contributed by atoms with van der Waals surface area (Å²) >= 11 is 0. The second kappa shape index (κ2) is 6.49. The van der Waals surface area contributed by atoms with Gasteiger partial charge in [-0.25, -0.2) is 4.98 Å². The number of nitrogens with zero attached hydrogens (tertiary/aromatic N) is 3. The van der Waals surface area contributed by atoms with Gasteiger partial charge in [-0.1, -0.05) is 27.7 Å². The molecule has 1 aromatic heterocycles. The molecule has 1 N–H and O–H groups in total. The van der Waals surface area contributed by atoms with E-state index >= 15 is 0 Å². The highest BCUT2D eigenvalue weighted by Gasteiger charge is 2.33. The third kappa shape index (κ3) is 4.30. The van der Waals surface area contributed by atoms with E-state index in [1.165, 1.54) is 13.0 Å². The standard InChI is InChI=1S/C17H32N4/c1-13-10-20(6)14(2)9-15(13)19-16(17(3,4)5)11-21-8-7-18-12-21/h7-8,12-16,19H,9-11H2,1-6H3. The summed E-state index contributed by atoms with van der Waals surface area (Å²) in [5.74, 6) is 0.693. The van der Waals surface area contributed by atoms with Gasteiger partial charge in [0.25, 0.3) is 0 Å². The van der Waals surface area contributed by atoms with E-state index in [-0.39, 0.29) is 5.41 Å². The average molecular weight is 292 g/mol. The zero-order chi connectivity index (χ0) is 15.6. The number of hydrogen-bond acceptors (Lipinski definition) is 3. The SMILES string of the molecule is CC1CN(C)C(C)CC1NC(Cn1ccnc1)C(C)(C)C. The molecule has 0 aromatic carbocycles. The van der Waals surface area contributed by atoms with Crippen LogP contribution < -0.4 is 5.32 Å². The summed E-state index contributed by atoms with van der Waals surface area (Å²) in [6.45, 7) is 13.8. The van der Waals surface area contributed by atoms with E-state index in [1.54, 1.807) is 0 Å². The van der Waals surface area contributed by atoms with Crippen LogP contribution in [-0.4, -0.2) is 46.2 Å². The molecule has 0 amide bonds. The Kier molecular flexibility index (Phi) is 5.10. The van der Waals surface area contributed by atoms with E-state index < -0.39 is 0 Å². The van der Waals surface area contributed by atoms with Crippen molar-refractivity contribution in [2.75, 3.05) is 13.6 Å². The maximum absolute atomic E-state index is 4.17.